The van der Waals surface area contributed by atoms with Gasteiger partial charge in [-0.25, -0.2) is 0 Å². The topological polar surface area (TPSA) is 68.4 Å². The maximum absolute atomic E-state index is 9.73. The molecule has 0 aromatic carbocycles. The van der Waals surface area contributed by atoms with E-state index >= 15 is 0 Å². The summed E-state index contributed by atoms with van der Waals surface area (Å²) in [4.78, 5) is 4.26. The smallest absolute Gasteiger partial charge is 0.229 e. The fraction of sp³-hybridized carbons (Fsp3) is 0.833. The van der Waals surface area contributed by atoms with Gasteiger partial charge in [-0.05, 0) is 12.3 Å². The molecule has 0 bridgehead atoms. The van der Waals surface area contributed by atoms with Crippen molar-refractivity contribution in [2.24, 2.45) is 5.92 Å². The Hall–Kier alpha value is -0.940. The predicted octanol–water partition coefficient (Wildman–Crippen LogP) is 2.12. The molecule has 1 heterocycles. The van der Waals surface area contributed by atoms with Gasteiger partial charge in [-0.2, -0.15) is 4.98 Å². The fourth-order valence-electron chi connectivity index (χ4n) is 1.51. The zero-order chi connectivity index (χ0) is 12.8. The Labute approximate surface area is 102 Å². The summed E-state index contributed by atoms with van der Waals surface area (Å²) in [6.45, 7) is 5.99. The summed E-state index contributed by atoms with van der Waals surface area (Å²) in [5.41, 5.74) is 0. The van der Waals surface area contributed by atoms with E-state index in [9.17, 15) is 5.11 Å². The van der Waals surface area contributed by atoms with E-state index in [4.69, 9.17) is 9.26 Å². The first-order chi connectivity index (χ1) is 8.08. The first-order valence-electron chi connectivity index (χ1n) is 6.11. The Morgan fingerprint density at radius 1 is 1.41 bits per heavy atom. The molecule has 0 aliphatic rings. The van der Waals surface area contributed by atoms with Crippen molar-refractivity contribution >= 4 is 0 Å². The fourth-order valence-corrected chi connectivity index (χ4v) is 1.51. The summed E-state index contributed by atoms with van der Waals surface area (Å²) in [7, 11) is 1.64. The van der Waals surface area contributed by atoms with Crippen LogP contribution in [0.15, 0.2) is 4.52 Å². The molecule has 5 heteroatoms. The monoisotopic (exact) mass is 242 g/mol. The molecule has 1 aromatic heterocycles. The molecule has 2 atom stereocenters. The van der Waals surface area contributed by atoms with Crippen molar-refractivity contribution in [2.75, 3.05) is 7.11 Å². The third-order valence-electron chi connectivity index (χ3n) is 2.76. The van der Waals surface area contributed by atoms with Gasteiger partial charge >= 0.3 is 0 Å². The molecule has 0 fully saturated rings. The largest absolute Gasteiger partial charge is 0.392 e. The quantitative estimate of drug-likeness (QED) is 0.793. The van der Waals surface area contributed by atoms with Gasteiger partial charge in [0.1, 0.15) is 6.10 Å². The number of ether oxygens (including phenoxy) is 1. The van der Waals surface area contributed by atoms with E-state index < -0.39 is 6.10 Å². The summed E-state index contributed by atoms with van der Waals surface area (Å²) < 4.78 is 10.4. The highest BCUT2D eigenvalue weighted by Crippen LogP contribution is 2.19. The number of hydrogen-bond acceptors (Lipinski definition) is 5. The maximum Gasteiger partial charge on any atom is 0.229 e. The Morgan fingerprint density at radius 2 is 2.12 bits per heavy atom. The van der Waals surface area contributed by atoms with Crippen LogP contribution in [0.5, 0.6) is 0 Å². The molecule has 0 aliphatic heterocycles. The van der Waals surface area contributed by atoms with Gasteiger partial charge in [-0.1, -0.05) is 32.3 Å². The number of rotatable bonds is 7. The minimum atomic E-state index is -0.449. The van der Waals surface area contributed by atoms with Crippen LogP contribution in [0, 0.1) is 5.92 Å². The van der Waals surface area contributed by atoms with Crippen molar-refractivity contribution in [2.45, 2.75) is 52.2 Å². The molecule has 0 amide bonds. The molecular weight excluding hydrogens is 220 g/mol. The summed E-state index contributed by atoms with van der Waals surface area (Å²) >= 11 is 0. The van der Waals surface area contributed by atoms with E-state index in [1.165, 1.54) is 0 Å². The van der Waals surface area contributed by atoms with Gasteiger partial charge in [0.2, 0.25) is 11.7 Å². The molecular formula is C12H22N2O3. The lowest BCUT2D eigenvalue weighted by Gasteiger charge is -2.11. The van der Waals surface area contributed by atoms with E-state index in [0.717, 1.165) is 12.8 Å². The molecule has 0 saturated heterocycles. The molecule has 17 heavy (non-hydrogen) atoms. The Kier molecular flexibility index (Phi) is 5.58. The molecule has 1 aromatic rings. The second-order valence-corrected chi connectivity index (χ2v) is 4.57. The van der Waals surface area contributed by atoms with E-state index in [0.29, 0.717) is 18.1 Å². The van der Waals surface area contributed by atoms with Gasteiger partial charge in [0.25, 0.3) is 0 Å². The SMILES string of the molecule is CCCC(OC)c1noc(CC(O)C(C)C)n1. The molecule has 1 rings (SSSR count). The zero-order valence-electron chi connectivity index (χ0n) is 11.0. The molecule has 0 radical (unpaired) electrons. The molecule has 2 unspecified atom stereocenters. The number of aliphatic hydroxyl groups is 1. The van der Waals surface area contributed by atoms with Crippen molar-refractivity contribution in [3.05, 3.63) is 11.7 Å². The molecule has 1 N–H and O–H groups in total. The molecule has 0 spiro atoms. The van der Waals surface area contributed by atoms with Crippen LogP contribution in [0.4, 0.5) is 0 Å². The maximum atomic E-state index is 9.73. The van der Waals surface area contributed by atoms with Gasteiger partial charge in [0.15, 0.2) is 0 Å². The lowest BCUT2D eigenvalue weighted by molar-refractivity contribution is 0.0854. The van der Waals surface area contributed by atoms with E-state index in [1.54, 1.807) is 7.11 Å². The number of aliphatic hydroxyl groups excluding tert-OH is 1. The van der Waals surface area contributed by atoms with Crippen LogP contribution in [0.25, 0.3) is 0 Å². The number of methoxy groups -OCH3 is 1. The van der Waals surface area contributed by atoms with Gasteiger partial charge in [-0.15, -0.1) is 0 Å². The summed E-state index contributed by atoms with van der Waals surface area (Å²) in [5.74, 6) is 1.22. The lowest BCUT2D eigenvalue weighted by Crippen LogP contribution is -2.17. The molecule has 0 aliphatic carbocycles. The zero-order valence-corrected chi connectivity index (χ0v) is 11.0. The van der Waals surface area contributed by atoms with E-state index in [-0.39, 0.29) is 12.0 Å². The number of nitrogens with zero attached hydrogens (tertiary/aromatic N) is 2. The minimum Gasteiger partial charge on any atom is -0.392 e. The highest BCUT2D eigenvalue weighted by Gasteiger charge is 2.19. The van der Waals surface area contributed by atoms with Crippen molar-refractivity contribution < 1.29 is 14.4 Å². The van der Waals surface area contributed by atoms with Crippen molar-refractivity contribution in [1.82, 2.24) is 10.1 Å². The molecule has 0 saturated carbocycles. The van der Waals surface area contributed by atoms with Crippen molar-refractivity contribution in [3.8, 4) is 0 Å². The minimum absolute atomic E-state index is 0.117. The van der Waals surface area contributed by atoms with E-state index in [2.05, 4.69) is 17.1 Å². The van der Waals surface area contributed by atoms with Gasteiger partial charge in [0.05, 0.1) is 12.5 Å². The highest BCUT2D eigenvalue weighted by atomic mass is 16.5. The Bertz CT molecular complexity index is 325. The van der Waals surface area contributed by atoms with Gasteiger partial charge in [-0.3, -0.25) is 0 Å². The van der Waals surface area contributed by atoms with Crippen LogP contribution >= 0.6 is 0 Å². The second-order valence-electron chi connectivity index (χ2n) is 4.57. The van der Waals surface area contributed by atoms with Crippen LogP contribution in [0.2, 0.25) is 0 Å². The number of hydrogen-bond donors (Lipinski definition) is 1. The second kappa shape index (κ2) is 6.71. The lowest BCUT2D eigenvalue weighted by atomic mass is 10.0. The summed E-state index contributed by atoms with van der Waals surface area (Å²) in [6, 6.07) is 0. The highest BCUT2D eigenvalue weighted by molar-refractivity contribution is 4.92. The first-order valence-corrected chi connectivity index (χ1v) is 6.11. The standard InChI is InChI=1S/C12H22N2O3/c1-5-6-10(16-4)12-13-11(17-14-12)7-9(15)8(2)3/h8-10,15H,5-7H2,1-4H3. The Balaban J connectivity index is 2.63. The van der Waals surface area contributed by atoms with Crippen LogP contribution in [-0.2, 0) is 11.2 Å². The summed E-state index contributed by atoms with van der Waals surface area (Å²) in [5, 5.41) is 13.6. The third kappa shape index (κ3) is 4.09. The Morgan fingerprint density at radius 3 is 2.65 bits per heavy atom. The normalized spacial score (nSPS) is 15.2. The molecule has 98 valence electrons. The van der Waals surface area contributed by atoms with Crippen molar-refractivity contribution in [1.29, 1.82) is 0 Å². The average Bonchev–Trinajstić information content (AvgIpc) is 2.74. The van der Waals surface area contributed by atoms with Crippen LogP contribution in [-0.4, -0.2) is 28.5 Å². The van der Waals surface area contributed by atoms with Crippen LogP contribution in [0.1, 0.15) is 51.4 Å². The predicted molar refractivity (Wildman–Crippen MR) is 63.5 cm³/mol. The third-order valence-corrected chi connectivity index (χ3v) is 2.76. The average molecular weight is 242 g/mol. The molecule has 5 nitrogen and oxygen atoms in total. The van der Waals surface area contributed by atoms with E-state index in [1.807, 2.05) is 13.8 Å². The van der Waals surface area contributed by atoms with Gasteiger partial charge < -0.3 is 14.4 Å². The summed E-state index contributed by atoms with van der Waals surface area (Å²) in [6.07, 6.45) is 1.69. The van der Waals surface area contributed by atoms with Crippen molar-refractivity contribution in [3.63, 3.8) is 0 Å². The van der Waals surface area contributed by atoms with Gasteiger partial charge in [0, 0.05) is 7.11 Å². The number of aromatic nitrogens is 2. The van der Waals surface area contributed by atoms with Crippen LogP contribution in [0.3, 0.4) is 0 Å². The first kappa shape index (κ1) is 14.1. The van der Waals surface area contributed by atoms with Crippen LogP contribution < -0.4 is 0 Å².